The molecule has 3 rings (SSSR count). The lowest BCUT2D eigenvalue weighted by Gasteiger charge is -2.27. The highest BCUT2D eigenvalue weighted by Gasteiger charge is 2.32. The summed E-state index contributed by atoms with van der Waals surface area (Å²) in [5.41, 5.74) is 2.04. The van der Waals surface area contributed by atoms with Crippen molar-refractivity contribution in [1.82, 2.24) is 10.2 Å². The fourth-order valence-corrected chi connectivity index (χ4v) is 2.83. The molecule has 2 fully saturated rings. The van der Waals surface area contributed by atoms with Gasteiger partial charge in [-0.25, -0.2) is 9.59 Å². The maximum Gasteiger partial charge on any atom is 0.414 e. The first-order valence-electron chi connectivity index (χ1n) is 8.35. The van der Waals surface area contributed by atoms with Crippen LogP contribution < -0.4 is 10.2 Å². The van der Waals surface area contributed by atoms with Gasteiger partial charge in [-0.2, -0.15) is 0 Å². The van der Waals surface area contributed by atoms with E-state index in [9.17, 15) is 9.59 Å². The number of carbonyl (C=O) groups excluding carboxylic acids is 2. The Labute approximate surface area is 141 Å². The van der Waals surface area contributed by atoms with E-state index in [-0.39, 0.29) is 18.2 Å². The second-order valence-electron chi connectivity index (χ2n) is 5.92. The molecule has 2 aliphatic heterocycles. The standard InChI is InChI=1S/C17H23N3O4/c1-2-13-3-5-14(6-4-13)20-12-15(24-17(20)22)11-18-16(21)19-7-9-23-10-8-19/h3-6,15H,2,7-12H2,1H3,(H,18,21). The summed E-state index contributed by atoms with van der Waals surface area (Å²) in [6, 6.07) is 7.73. The van der Waals surface area contributed by atoms with Gasteiger partial charge in [0.2, 0.25) is 0 Å². The third-order valence-electron chi connectivity index (χ3n) is 4.31. The molecule has 0 bridgehead atoms. The van der Waals surface area contributed by atoms with Gasteiger partial charge in [0.15, 0.2) is 0 Å². The van der Waals surface area contributed by atoms with Gasteiger partial charge in [-0.1, -0.05) is 19.1 Å². The monoisotopic (exact) mass is 333 g/mol. The van der Waals surface area contributed by atoms with Crippen LogP contribution in [-0.2, 0) is 15.9 Å². The Morgan fingerprint density at radius 3 is 2.62 bits per heavy atom. The maximum absolute atomic E-state index is 12.1. The fourth-order valence-electron chi connectivity index (χ4n) is 2.83. The molecule has 7 heteroatoms. The Balaban J connectivity index is 1.51. The number of urea groups is 1. The highest BCUT2D eigenvalue weighted by atomic mass is 16.6. The van der Waals surface area contributed by atoms with Gasteiger partial charge in [-0.15, -0.1) is 0 Å². The summed E-state index contributed by atoms with van der Waals surface area (Å²) in [5, 5.41) is 2.83. The Bertz CT molecular complexity index is 584. The molecule has 1 N–H and O–H groups in total. The highest BCUT2D eigenvalue weighted by Crippen LogP contribution is 2.22. The number of cyclic esters (lactones) is 1. The molecule has 24 heavy (non-hydrogen) atoms. The van der Waals surface area contributed by atoms with Crippen LogP contribution in [0.2, 0.25) is 0 Å². The fraction of sp³-hybridized carbons (Fsp3) is 0.529. The van der Waals surface area contributed by atoms with Crippen molar-refractivity contribution in [3.8, 4) is 0 Å². The molecule has 0 spiro atoms. The normalized spacial score (nSPS) is 20.9. The molecule has 3 amide bonds. The predicted octanol–water partition coefficient (Wildman–Crippen LogP) is 1.62. The summed E-state index contributed by atoms with van der Waals surface area (Å²) in [7, 11) is 0. The van der Waals surface area contributed by atoms with Gasteiger partial charge < -0.3 is 19.7 Å². The van der Waals surface area contributed by atoms with E-state index in [0.29, 0.717) is 39.4 Å². The summed E-state index contributed by atoms with van der Waals surface area (Å²) in [6.07, 6.45) is 0.249. The van der Waals surface area contributed by atoms with E-state index in [2.05, 4.69) is 12.2 Å². The van der Waals surface area contributed by atoms with E-state index in [1.54, 1.807) is 9.80 Å². The van der Waals surface area contributed by atoms with E-state index in [1.807, 2.05) is 24.3 Å². The minimum absolute atomic E-state index is 0.139. The molecule has 2 saturated heterocycles. The summed E-state index contributed by atoms with van der Waals surface area (Å²) in [4.78, 5) is 27.4. The summed E-state index contributed by atoms with van der Waals surface area (Å²) in [5.74, 6) is 0. The zero-order valence-electron chi connectivity index (χ0n) is 13.9. The van der Waals surface area contributed by atoms with Crippen LogP contribution >= 0.6 is 0 Å². The van der Waals surface area contributed by atoms with E-state index in [4.69, 9.17) is 9.47 Å². The SMILES string of the molecule is CCc1ccc(N2CC(CNC(=O)N3CCOCC3)OC2=O)cc1. The molecular formula is C17H23N3O4. The molecule has 130 valence electrons. The average molecular weight is 333 g/mol. The van der Waals surface area contributed by atoms with Crippen molar-refractivity contribution in [1.29, 1.82) is 0 Å². The van der Waals surface area contributed by atoms with Crippen LogP contribution in [0, 0.1) is 0 Å². The molecular weight excluding hydrogens is 310 g/mol. The highest BCUT2D eigenvalue weighted by molar-refractivity contribution is 5.89. The number of nitrogens with one attached hydrogen (secondary N) is 1. The van der Waals surface area contributed by atoms with Gasteiger partial charge >= 0.3 is 12.1 Å². The number of hydrogen-bond donors (Lipinski definition) is 1. The molecule has 0 radical (unpaired) electrons. The van der Waals surface area contributed by atoms with Crippen LogP contribution in [-0.4, -0.2) is 62.5 Å². The van der Waals surface area contributed by atoms with Crippen molar-refractivity contribution < 1.29 is 19.1 Å². The maximum atomic E-state index is 12.1. The quantitative estimate of drug-likeness (QED) is 0.909. The molecule has 0 aromatic heterocycles. The van der Waals surface area contributed by atoms with E-state index < -0.39 is 0 Å². The number of ether oxygens (including phenoxy) is 2. The molecule has 2 heterocycles. The molecule has 0 saturated carbocycles. The summed E-state index contributed by atoms with van der Waals surface area (Å²) in [6.45, 7) is 5.14. The first kappa shape index (κ1) is 16.6. The van der Waals surface area contributed by atoms with Crippen LogP contribution in [0.25, 0.3) is 0 Å². The molecule has 1 aromatic carbocycles. The van der Waals surface area contributed by atoms with Gasteiger partial charge in [0, 0.05) is 18.8 Å². The minimum Gasteiger partial charge on any atom is -0.442 e. The lowest BCUT2D eigenvalue weighted by molar-refractivity contribution is 0.0523. The molecule has 1 aromatic rings. The van der Waals surface area contributed by atoms with Gasteiger partial charge in [0.05, 0.1) is 26.3 Å². The lowest BCUT2D eigenvalue weighted by Crippen LogP contribution is -2.48. The van der Waals surface area contributed by atoms with E-state index >= 15 is 0 Å². The second kappa shape index (κ2) is 7.53. The molecule has 0 aliphatic carbocycles. The van der Waals surface area contributed by atoms with Crippen molar-refractivity contribution in [2.75, 3.05) is 44.3 Å². The van der Waals surface area contributed by atoms with Gasteiger partial charge in [0.1, 0.15) is 6.10 Å². The number of rotatable bonds is 4. The van der Waals surface area contributed by atoms with Crippen molar-refractivity contribution in [3.63, 3.8) is 0 Å². The smallest absolute Gasteiger partial charge is 0.414 e. The number of anilines is 1. The third kappa shape index (κ3) is 3.79. The van der Waals surface area contributed by atoms with Crippen LogP contribution in [0.3, 0.4) is 0 Å². The van der Waals surface area contributed by atoms with E-state index in [0.717, 1.165) is 12.1 Å². The molecule has 1 atom stereocenters. The van der Waals surface area contributed by atoms with Gasteiger partial charge in [0.25, 0.3) is 0 Å². The zero-order chi connectivity index (χ0) is 16.9. The lowest BCUT2D eigenvalue weighted by atomic mass is 10.1. The number of benzene rings is 1. The summed E-state index contributed by atoms with van der Waals surface area (Å²) >= 11 is 0. The summed E-state index contributed by atoms with van der Waals surface area (Å²) < 4.78 is 10.6. The molecule has 1 unspecified atom stereocenters. The van der Waals surface area contributed by atoms with Crippen LogP contribution in [0.4, 0.5) is 15.3 Å². The number of amides is 3. The third-order valence-corrected chi connectivity index (χ3v) is 4.31. The Morgan fingerprint density at radius 2 is 1.96 bits per heavy atom. The Kier molecular flexibility index (Phi) is 5.20. The average Bonchev–Trinajstić information content (AvgIpc) is 3.01. The van der Waals surface area contributed by atoms with Crippen molar-refractivity contribution in [2.45, 2.75) is 19.4 Å². The number of morpholine rings is 1. The van der Waals surface area contributed by atoms with Gasteiger partial charge in [-0.05, 0) is 24.1 Å². The number of carbonyl (C=O) groups is 2. The first-order chi connectivity index (χ1) is 11.7. The van der Waals surface area contributed by atoms with Crippen LogP contribution in [0.1, 0.15) is 12.5 Å². The molecule has 7 nitrogen and oxygen atoms in total. The topological polar surface area (TPSA) is 71.1 Å². The van der Waals surface area contributed by atoms with Crippen molar-refractivity contribution >= 4 is 17.8 Å². The molecule has 2 aliphatic rings. The first-order valence-corrected chi connectivity index (χ1v) is 8.35. The zero-order valence-corrected chi connectivity index (χ0v) is 13.9. The number of aryl methyl sites for hydroxylation is 1. The largest absolute Gasteiger partial charge is 0.442 e. The Morgan fingerprint density at radius 1 is 1.25 bits per heavy atom. The van der Waals surface area contributed by atoms with Crippen LogP contribution in [0.15, 0.2) is 24.3 Å². The predicted molar refractivity (Wildman–Crippen MR) is 89.2 cm³/mol. The van der Waals surface area contributed by atoms with Gasteiger partial charge in [-0.3, -0.25) is 4.90 Å². The van der Waals surface area contributed by atoms with Crippen LogP contribution in [0.5, 0.6) is 0 Å². The van der Waals surface area contributed by atoms with Crippen molar-refractivity contribution in [3.05, 3.63) is 29.8 Å². The Hall–Kier alpha value is -2.28. The van der Waals surface area contributed by atoms with E-state index in [1.165, 1.54) is 5.56 Å². The second-order valence-corrected chi connectivity index (χ2v) is 5.92. The number of hydrogen-bond acceptors (Lipinski definition) is 4. The van der Waals surface area contributed by atoms with Crippen molar-refractivity contribution in [2.24, 2.45) is 0 Å². The minimum atomic E-state index is -0.370. The number of nitrogens with zero attached hydrogens (tertiary/aromatic N) is 2.